The van der Waals surface area contributed by atoms with E-state index >= 15 is 0 Å². The van der Waals surface area contributed by atoms with Crippen molar-refractivity contribution in [1.82, 2.24) is 9.97 Å². The van der Waals surface area contributed by atoms with Gasteiger partial charge in [0.1, 0.15) is 17.9 Å². The van der Waals surface area contributed by atoms with Crippen LogP contribution in [0.4, 0.5) is 4.39 Å². The van der Waals surface area contributed by atoms with Crippen LogP contribution in [0.3, 0.4) is 0 Å². The van der Waals surface area contributed by atoms with Crippen LogP contribution >= 0.6 is 0 Å². The van der Waals surface area contributed by atoms with Crippen LogP contribution in [-0.4, -0.2) is 21.0 Å². The lowest BCUT2D eigenvalue weighted by Crippen LogP contribution is -2.08. The molecule has 0 aliphatic heterocycles. The van der Waals surface area contributed by atoms with Crippen LogP contribution in [0.15, 0.2) is 24.5 Å². The maximum Gasteiger partial charge on any atom is 0.338 e. The van der Waals surface area contributed by atoms with E-state index in [1.54, 1.807) is 0 Å². The molecule has 6 heteroatoms. The van der Waals surface area contributed by atoms with Crippen molar-refractivity contribution in [3.63, 3.8) is 0 Å². The predicted molar refractivity (Wildman–Crippen MR) is 72.1 cm³/mol. The summed E-state index contributed by atoms with van der Waals surface area (Å²) in [5.41, 5.74) is 1.53. The number of carboxylic acid groups (broad SMARTS) is 1. The summed E-state index contributed by atoms with van der Waals surface area (Å²) in [6.45, 7) is 0. The number of carbonyl (C=O) groups is 1. The van der Waals surface area contributed by atoms with Gasteiger partial charge >= 0.3 is 5.97 Å². The highest BCUT2D eigenvalue weighted by atomic mass is 19.1. The molecule has 0 fully saturated rings. The molecular formula is C15H13FN2O3. The Morgan fingerprint density at radius 3 is 2.81 bits per heavy atom. The van der Waals surface area contributed by atoms with Gasteiger partial charge in [-0.3, -0.25) is 0 Å². The zero-order valence-corrected chi connectivity index (χ0v) is 11.2. The van der Waals surface area contributed by atoms with Crippen LogP contribution in [0, 0.1) is 5.82 Å². The van der Waals surface area contributed by atoms with Gasteiger partial charge in [-0.1, -0.05) is 0 Å². The molecule has 21 heavy (non-hydrogen) atoms. The smallest absolute Gasteiger partial charge is 0.338 e. The van der Waals surface area contributed by atoms with E-state index in [0.717, 1.165) is 43.0 Å². The number of benzene rings is 1. The normalized spacial score (nSPS) is 13.6. The third kappa shape index (κ3) is 2.69. The van der Waals surface area contributed by atoms with Crippen molar-refractivity contribution in [2.24, 2.45) is 0 Å². The molecule has 0 amide bonds. The van der Waals surface area contributed by atoms with Crippen LogP contribution in [0.1, 0.15) is 34.5 Å². The highest BCUT2D eigenvalue weighted by Crippen LogP contribution is 2.30. The average Bonchev–Trinajstić information content (AvgIpc) is 2.47. The van der Waals surface area contributed by atoms with E-state index in [4.69, 9.17) is 9.84 Å². The average molecular weight is 288 g/mol. The zero-order valence-electron chi connectivity index (χ0n) is 11.2. The van der Waals surface area contributed by atoms with Gasteiger partial charge in [-0.2, -0.15) is 0 Å². The van der Waals surface area contributed by atoms with E-state index in [1.165, 1.54) is 18.5 Å². The lowest BCUT2D eigenvalue weighted by Gasteiger charge is -2.17. The third-order valence-corrected chi connectivity index (χ3v) is 3.47. The molecule has 1 aliphatic rings. The molecule has 5 nitrogen and oxygen atoms in total. The van der Waals surface area contributed by atoms with Crippen molar-refractivity contribution in [1.29, 1.82) is 0 Å². The Labute approximate surface area is 120 Å². The molecule has 1 N–H and O–H groups in total. The minimum Gasteiger partial charge on any atom is -0.478 e. The molecule has 1 heterocycles. The molecule has 2 aromatic rings. The van der Waals surface area contributed by atoms with Gasteiger partial charge in [0.05, 0.1) is 11.3 Å². The molecular weight excluding hydrogens is 275 g/mol. The number of fused-ring (bicyclic) bond motifs is 1. The quantitative estimate of drug-likeness (QED) is 0.940. The minimum absolute atomic E-state index is 0.226. The molecule has 0 spiro atoms. The Hall–Kier alpha value is -2.50. The molecule has 0 radical (unpaired) electrons. The van der Waals surface area contributed by atoms with Crippen molar-refractivity contribution in [3.8, 4) is 11.6 Å². The summed E-state index contributed by atoms with van der Waals surface area (Å²) in [6, 6.07) is 3.66. The van der Waals surface area contributed by atoms with E-state index < -0.39 is 11.8 Å². The molecule has 1 aromatic carbocycles. The van der Waals surface area contributed by atoms with Crippen LogP contribution in [0.25, 0.3) is 0 Å². The number of carboxylic acids is 1. The van der Waals surface area contributed by atoms with Gasteiger partial charge in [0.15, 0.2) is 0 Å². The second kappa shape index (κ2) is 5.47. The van der Waals surface area contributed by atoms with Gasteiger partial charge in [0.25, 0.3) is 0 Å². The van der Waals surface area contributed by atoms with Crippen molar-refractivity contribution >= 4 is 5.97 Å². The molecule has 0 saturated carbocycles. The summed E-state index contributed by atoms with van der Waals surface area (Å²) in [4.78, 5) is 19.1. The number of rotatable bonds is 3. The Bertz CT molecular complexity index is 703. The van der Waals surface area contributed by atoms with Gasteiger partial charge in [0, 0.05) is 11.6 Å². The lowest BCUT2D eigenvalue weighted by molar-refractivity contribution is 0.0692. The van der Waals surface area contributed by atoms with E-state index in [9.17, 15) is 9.18 Å². The second-order valence-electron chi connectivity index (χ2n) is 4.86. The molecule has 1 aliphatic carbocycles. The van der Waals surface area contributed by atoms with Gasteiger partial charge in [0.2, 0.25) is 5.88 Å². The summed E-state index contributed by atoms with van der Waals surface area (Å²) < 4.78 is 19.3. The Kier molecular flexibility index (Phi) is 3.51. The molecule has 0 unspecified atom stereocenters. The Morgan fingerprint density at radius 2 is 2.05 bits per heavy atom. The number of hydrogen-bond donors (Lipinski definition) is 1. The molecule has 3 rings (SSSR count). The summed E-state index contributed by atoms with van der Waals surface area (Å²) in [6.07, 6.45) is 5.29. The zero-order chi connectivity index (χ0) is 14.8. The van der Waals surface area contributed by atoms with Crippen LogP contribution < -0.4 is 4.74 Å². The standard InChI is InChI=1S/C15H13FN2O3/c16-12-7-9(5-6-10(12)15(19)20)21-14-11-3-1-2-4-13(11)17-8-18-14/h5-8H,1-4H2,(H,19,20). The molecule has 0 bridgehead atoms. The highest BCUT2D eigenvalue weighted by molar-refractivity contribution is 5.88. The first-order chi connectivity index (χ1) is 10.1. The molecule has 1 aromatic heterocycles. The van der Waals surface area contributed by atoms with Gasteiger partial charge < -0.3 is 9.84 Å². The number of halogens is 1. The maximum absolute atomic E-state index is 13.6. The fraction of sp³-hybridized carbons (Fsp3) is 0.267. The van der Waals surface area contributed by atoms with Crippen molar-refractivity contribution in [2.75, 3.05) is 0 Å². The fourth-order valence-corrected chi connectivity index (χ4v) is 2.42. The predicted octanol–water partition coefficient (Wildman–Crippen LogP) is 2.99. The van der Waals surface area contributed by atoms with Gasteiger partial charge in [-0.25, -0.2) is 19.2 Å². The third-order valence-electron chi connectivity index (χ3n) is 3.47. The first-order valence-corrected chi connectivity index (χ1v) is 6.68. The summed E-state index contributed by atoms with van der Waals surface area (Å²) >= 11 is 0. The van der Waals surface area contributed by atoms with E-state index in [-0.39, 0.29) is 11.3 Å². The topological polar surface area (TPSA) is 72.3 Å². The fourth-order valence-electron chi connectivity index (χ4n) is 2.42. The number of aromatic carboxylic acids is 1. The molecule has 108 valence electrons. The van der Waals surface area contributed by atoms with Crippen LogP contribution in [-0.2, 0) is 12.8 Å². The van der Waals surface area contributed by atoms with E-state index in [2.05, 4.69) is 9.97 Å². The first kappa shape index (κ1) is 13.5. The van der Waals surface area contributed by atoms with Crippen LogP contribution in [0.2, 0.25) is 0 Å². The molecule has 0 saturated heterocycles. The first-order valence-electron chi connectivity index (χ1n) is 6.68. The molecule has 0 atom stereocenters. The number of ether oxygens (including phenoxy) is 1. The van der Waals surface area contributed by atoms with Crippen molar-refractivity contribution in [2.45, 2.75) is 25.7 Å². The van der Waals surface area contributed by atoms with Crippen molar-refractivity contribution < 1.29 is 19.0 Å². The largest absolute Gasteiger partial charge is 0.478 e. The van der Waals surface area contributed by atoms with Crippen LogP contribution in [0.5, 0.6) is 11.6 Å². The number of nitrogens with zero attached hydrogens (tertiary/aromatic N) is 2. The van der Waals surface area contributed by atoms with Crippen molar-refractivity contribution in [3.05, 3.63) is 47.2 Å². The Balaban J connectivity index is 1.91. The second-order valence-corrected chi connectivity index (χ2v) is 4.86. The van der Waals surface area contributed by atoms with Gasteiger partial charge in [-0.05, 0) is 37.8 Å². The summed E-state index contributed by atoms with van der Waals surface area (Å²) in [7, 11) is 0. The van der Waals surface area contributed by atoms with E-state index in [1.807, 2.05) is 0 Å². The number of aryl methyl sites for hydroxylation is 1. The lowest BCUT2D eigenvalue weighted by atomic mass is 9.97. The maximum atomic E-state index is 13.6. The summed E-state index contributed by atoms with van der Waals surface area (Å²) in [5.74, 6) is -1.49. The Morgan fingerprint density at radius 1 is 1.24 bits per heavy atom. The minimum atomic E-state index is -1.31. The highest BCUT2D eigenvalue weighted by Gasteiger charge is 2.18. The number of hydrogen-bond acceptors (Lipinski definition) is 4. The summed E-state index contributed by atoms with van der Waals surface area (Å²) in [5, 5.41) is 8.80. The SMILES string of the molecule is O=C(O)c1ccc(Oc2ncnc3c2CCCC3)cc1F. The van der Waals surface area contributed by atoms with Gasteiger partial charge in [-0.15, -0.1) is 0 Å². The van der Waals surface area contributed by atoms with E-state index in [0.29, 0.717) is 5.88 Å². The monoisotopic (exact) mass is 288 g/mol. The number of aromatic nitrogens is 2.